The summed E-state index contributed by atoms with van der Waals surface area (Å²) in [6.45, 7) is 2.31. The van der Waals surface area contributed by atoms with Gasteiger partial charge in [0, 0.05) is 44.1 Å². The van der Waals surface area contributed by atoms with E-state index in [-0.39, 0.29) is 5.91 Å². The van der Waals surface area contributed by atoms with Crippen LogP contribution < -0.4 is 4.90 Å². The van der Waals surface area contributed by atoms with Gasteiger partial charge in [-0.05, 0) is 29.3 Å². The van der Waals surface area contributed by atoms with Crippen molar-refractivity contribution < 1.29 is 18.0 Å². The molecule has 1 aliphatic rings. The van der Waals surface area contributed by atoms with E-state index >= 15 is 0 Å². The molecule has 0 radical (unpaired) electrons. The molecule has 1 fully saturated rings. The van der Waals surface area contributed by atoms with Crippen molar-refractivity contribution in [2.75, 3.05) is 31.1 Å². The molecule has 1 saturated heterocycles. The van der Waals surface area contributed by atoms with Crippen LogP contribution in [0, 0.1) is 0 Å². The lowest BCUT2D eigenvalue weighted by molar-refractivity contribution is -0.137. The van der Waals surface area contributed by atoms with Crippen molar-refractivity contribution in [1.29, 1.82) is 0 Å². The number of carbonyl (C=O) groups excluding carboxylic acids is 1. The van der Waals surface area contributed by atoms with E-state index in [9.17, 15) is 18.0 Å². The molecule has 1 amide bonds. The Bertz CT molecular complexity index is 1010. The van der Waals surface area contributed by atoms with Crippen LogP contribution in [0.15, 0.2) is 67.1 Å². The highest BCUT2D eigenvalue weighted by Crippen LogP contribution is 2.32. The summed E-state index contributed by atoms with van der Waals surface area (Å²) in [5.74, 6) is 0.638. The number of aromatic nitrogens is 2. The van der Waals surface area contributed by atoms with Gasteiger partial charge in [-0.15, -0.1) is 0 Å². The number of amides is 1. The first-order valence-corrected chi connectivity index (χ1v) is 9.50. The summed E-state index contributed by atoms with van der Waals surface area (Å²) in [4.78, 5) is 25.4. The van der Waals surface area contributed by atoms with E-state index in [0.29, 0.717) is 42.9 Å². The average molecular weight is 412 g/mol. The van der Waals surface area contributed by atoms with E-state index in [1.807, 2.05) is 0 Å². The van der Waals surface area contributed by atoms with Crippen LogP contribution in [-0.4, -0.2) is 47.0 Å². The molecule has 8 heteroatoms. The molecule has 0 unspecified atom stereocenters. The van der Waals surface area contributed by atoms with Crippen LogP contribution in [-0.2, 0) is 6.18 Å². The fourth-order valence-electron chi connectivity index (χ4n) is 3.52. The van der Waals surface area contributed by atoms with Gasteiger partial charge in [0.15, 0.2) is 0 Å². The number of halogens is 3. The molecule has 4 rings (SSSR count). The number of rotatable bonds is 3. The maximum absolute atomic E-state index is 13.2. The van der Waals surface area contributed by atoms with Crippen molar-refractivity contribution in [3.63, 3.8) is 0 Å². The zero-order valence-electron chi connectivity index (χ0n) is 16.0. The summed E-state index contributed by atoms with van der Waals surface area (Å²) in [7, 11) is 0. The molecule has 5 nitrogen and oxygen atoms in total. The second kappa shape index (κ2) is 8.14. The first-order valence-electron chi connectivity index (χ1n) is 9.50. The van der Waals surface area contributed by atoms with Crippen LogP contribution in [0.25, 0.3) is 11.1 Å². The van der Waals surface area contributed by atoms with E-state index in [0.717, 1.165) is 18.0 Å². The second-order valence-electron chi connectivity index (χ2n) is 6.96. The fraction of sp³-hybridized carbons (Fsp3) is 0.227. The van der Waals surface area contributed by atoms with E-state index in [1.165, 1.54) is 12.1 Å². The molecule has 0 bridgehead atoms. The first kappa shape index (κ1) is 19.9. The Morgan fingerprint density at radius 2 is 1.60 bits per heavy atom. The molecule has 1 aromatic heterocycles. The van der Waals surface area contributed by atoms with Crippen molar-refractivity contribution in [2.24, 2.45) is 0 Å². The summed E-state index contributed by atoms with van der Waals surface area (Å²) in [5.41, 5.74) is 0.957. The van der Waals surface area contributed by atoms with Crippen molar-refractivity contribution in [2.45, 2.75) is 6.18 Å². The van der Waals surface area contributed by atoms with E-state index in [1.54, 1.807) is 47.8 Å². The molecule has 0 N–H and O–H groups in total. The number of alkyl halides is 3. The zero-order chi connectivity index (χ0) is 21.1. The van der Waals surface area contributed by atoms with Gasteiger partial charge in [-0.2, -0.15) is 13.2 Å². The average Bonchev–Trinajstić information content (AvgIpc) is 2.79. The Morgan fingerprint density at radius 3 is 2.23 bits per heavy atom. The van der Waals surface area contributed by atoms with E-state index in [2.05, 4.69) is 14.9 Å². The summed E-state index contributed by atoms with van der Waals surface area (Å²) in [6.07, 6.45) is 0.544. The van der Waals surface area contributed by atoms with Crippen molar-refractivity contribution in [1.82, 2.24) is 14.9 Å². The first-order chi connectivity index (χ1) is 14.4. The summed E-state index contributed by atoms with van der Waals surface area (Å²) in [6, 6.07) is 11.9. The highest BCUT2D eigenvalue weighted by atomic mass is 19.4. The minimum atomic E-state index is -4.39. The molecule has 30 heavy (non-hydrogen) atoms. The number of nitrogens with zero attached hydrogens (tertiary/aromatic N) is 4. The minimum Gasteiger partial charge on any atom is -0.352 e. The predicted molar refractivity (Wildman–Crippen MR) is 107 cm³/mol. The van der Waals surface area contributed by atoms with Crippen LogP contribution in [0.4, 0.5) is 19.0 Å². The lowest BCUT2D eigenvalue weighted by Gasteiger charge is -2.35. The van der Waals surface area contributed by atoms with Crippen molar-refractivity contribution in [3.05, 3.63) is 78.2 Å². The number of anilines is 1. The maximum atomic E-state index is 13.2. The van der Waals surface area contributed by atoms with Gasteiger partial charge in [-0.1, -0.05) is 30.3 Å². The molecule has 2 heterocycles. The van der Waals surface area contributed by atoms with Gasteiger partial charge in [0.05, 0.1) is 11.8 Å². The Morgan fingerprint density at radius 1 is 0.900 bits per heavy atom. The summed E-state index contributed by atoms with van der Waals surface area (Å²) >= 11 is 0. The Kier molecular flexibility index (Phi) is 5.39. The third-order valence-corrected chi connectivity index (χ3v) is 5.12. The largest absolute Gasteiger partial charge is 0.416 e. The Hall–Kier alpha value is -3.42. The number of carbonyl (C=O) groups is 1. The number of hydrogen-bond donors (Lipinski definition) is 0. The van der Waals surface area contributed by atoms with Gasteiger partial charge in [0.25, 0.3) is 5.91 Å². The van der Waals surface area contributed by atoms with Crippen LogP contribution in [0.5, 0.6) is 0 Å². The molecular formula is C22H19F3N4O. The van der Waals surface area contributed by atoms with E-state index < -0.39 is 11.7 Å². The quantitative estimate of drug-likeness (QED) is 0.649. The van der Waals surface area contributed by atoms with Gasteiger partial charge in [0.1, 0.15) is 5.82 Å². The number of piperazine rings is 1. The molecule has 0 atom stereocenters. The third kappa shape index (κ3) is 4.12. The highest BCUT2D eigenvalue weighted by molar-refractivity contribution is 6.01. The van der Waals surface area contributed by atoms with Gasteiger partial charge in [0.2, 0.25) is 0 Å². The Labute approximate surface area is 171 Å². The van der Waals surface area contributed by atoms with Crippen molar-refractivity contribution >= 4 is 11.7 Å². The molecule has 1 aliphatic heterocycles. The number of hydrogen-bond acceptors (Lipinski definition) is 4. The standard InChI is InChI=1S/C22H19F3N4O/c23-22(24,25)17-7-5-16(6-8-17)18-3-1-2-4-19(18)21(30)29-13-11-28(12-14-29)20-15-26-9-10-27-20/h1-10,15H,11-14H2. The number of benzene rings is 2. The van der Waals surface area contributed by atoms with Crippen LogP contribution in [0.3, 0.4) is 0 Å². The monoisotopic (exact) mass is 412 g/mol. The normalized spacial score (nSPS) is 14.6. The minimum absolute atomic E-state index is 0.135. The topological polar surface area (TPSA) is 49.3 Å². The molecule has 154 valence electrons. The van der Waals surface area contributed by atoms with Gasteiger partial charge in [-0.25, -0.2) is 4.98 Å². The lowest BCUT2D eigenvalue weighted by Crippen LogP contribution is -2.49. The molecule has 0 saturated carbocycles. The van der Waals surface area contributed by atoms with Gasteiger partial charge < -0.3 is 9.80 Å². The zero-order valence-corrected chi connectivity index (χ0v) is 16.0. The summed E-state index contributed by atoms with van der Waals surface area (Å²) < 4.78 is 38.6. The maximum Gasteiger partial charge on any atom is 0.416 e. The Balaban J connectivity index is 1.52. The van der Waals surface area contributed by atoms with Crippen molar-refractivity contribution in [3.8, 4) is 11.1 Å². The molecular weight excluding hydrogens is 393 g/mol. The molecule has 0 spiro atoms. The molecule has 3 aromatic rings. The predicted octanol–water partition coefficient (Wildman–Crippen LogP) is 4.12. The van der Waals surface area contributed by atoms with Crippen LogP contribution >= 0.6 is 0 Å². The highest BCUT2D eigenvalue weighted by Gasteiger charge is 2.30. The van der Waals surface area contributed by atoms with Gasteiger partial charge >= 0.3 is 6.18 Å². The lowest BCUT2D eigenvalue weighted by atomic mass is 9.97. The van der Waals surface area contributed by atoms with Gasteiger partial charge in [-0.3, -0.25) is 9.78 Å². The van der Waals surface area contributed by atoms with Crippen LogP contribution in [0.2, 0.25) is 0 Å². The smallest absolute Gasteiger partial charge is 0.352 e. The second-order valence-corrected chi connectivity index (χ2v) is 6.96. The third-order valence-electron chi connectivity index (χ3n) is 5.12. The SMILES string of the molecule is O=C(c1ccccc1-c1ccc(C(F)(F)F)cc1)N1CCN(c2cnccn2)CC1. The van der Waals surface area contributed by atoms with Crippen LogP contribution in [0.1, 0.15) is 15.9 Å². The molecule has 0 aliphatic carbocycles. The molecule has 2 aromatic carbocycles. The summed E-state index contributed by atoms with van der Waals surface area (Å²) in [5, 5.41) is 0. The fourth-order valence-corrected chi connectivity index (χ4v) is 3.52. The van der Waals surface area contributed by atoms with E-state index in [4.69, 9.17) is 0 Å².